The summed E-state index contributed by atoms with van der Waals surface area (Å²) in [6, 6.07) is 28.0. The highest BCUT2D eigenvalue weighted by Crippen LogP contribution is 2.50. The summed E-state index contributed by atoms with van der Waals surface area (Å²) in [6.07, 6.45) is 4.18. The highest BCUT2D eigenvalue weighted by Gasteiger charge is 2.68. The molecule has 1 aliphatic rings. The minimum absolute atomic E-state index is 0.277. The van der Waals surface area contributed by atoms with Crippen LogP contribution >= 0.6 is 0 Å². The lowest BCUT2D eigenvalue weighted by Gasteiger charge is -2.39. The molecule has 4 N–H and O–H groups in total. The van der Waals surface area contributed by atoms with Crippen molar-refractivity contribution in [2.75, 3.05) is 0 Å². The molecule has 5 aromatic carbocycles. The first-order valence-electron chi connectivity index (χ1n) is 19.1. The average Bonchev–Trinajstić information content (AvgIpc) is 4.20. The van der Waals surface area contributed by atoms with Crippen LogP contribution in [0.5, 0.6) is 0 Å². The van der Waals surface area contributed by atoms with E-state index in [2.05, 4.69) is 20.5 Å². The van der Waals surface area contributed by atoms with Gasteiger partial charge < -0.3 is 0 Å². The SMILES string of the molecule is Cc1cc(-n2on2C2(n3on3-c3ccc(N=Nc4ccc(S(=O)(=O)O)cc4)c(C)c3)C=CC(C=Cc3ccccc3)C(S(=O)(=O)O)(S(=O)(=O)O)C2)ccc1N=Nc1ccc(S(=O)(=O)O)cc1. The van der Waals surface area contributed by atoms with E-state index in [0.717, 1.165) is 34.0 Å². The van der Waals surface area contributed by atoms with E-state index in [1.165, 1.54) is 58.3 Å². The minimum Gasteiger partial charge on any atom is -0.284 e. The predicted octanol–water partition coefficient (Wildman–Crippen LogP) is 7.96. The molecule has 7 aromatic rings. The fourth-order valence-corrected chi connectivity index (χ4v) is 11.0. The Balaban J connectivity index is 1.18. The number of rotatable bonds is 14. The number of aromatic nitrogens is 4. The number of allylic oxidation sites excluding steroid dienone is 3. The van der Waals surface area contributed by atoms with Crippen LogP contribution < -0.4 is 0 Å². The molecule has 26 heteroatoms. The Hall–Kier alpha value is -6.78. The second-order valence-electron chi connectivity index (χ2n) is 15.0. The first-order chi connectivity index (χ1) is 31.0. The van der Waals surface area contributed by atoms with Gasteiger partial charge in [0.05, 0.1) is 32.5 Å². The van der Waals surface area contributed by atoms with Gasteiger partial charge in [-0.2, -0.15) is 54.1 Å². The van der Waals surface area contributed by atoms with Gasteiger partial charge in [0.1, 0.15) is 11.4 Å². The van der Waals surface area contributed by atoms with E-state index in [-0.39, 0.29) is 21.2 Å². The van der Waals surface area contributed by atoms with Gasteiger partial charge in [0, 0.05) is 12.3 Å². The molecule has 22 nitrogen and oxygen atoms in total. The van der Waals surface area contributed by atoms with Crippen molar-refractivity contribution in [2.45, 2.75) is 39.8 Å². The van der Waals surface area contributed by atoms with Gasteiger partial charge in [-0.25, -0.2) is 9.26 Å². The lowest BCUT2D eigenvalue weighted by atomic mass is 9.87. The van der Waals surface area contributed by atoms with Crippen LogP contribution in [0.2, 0.25) is 0 Å². The molecule has 0 saturated heterocycles. The number of hydrogen-bond acceptors (Lipinski definition) is 14. The largest absolute Gasteiger partial charge is 0.294 e. The van der Waals surface area contributed by atoms with E-state index < -0.39 is 62.6 Å². The van der Waals surface area contributed by atoms with Crippen molar-refractivity contribution in [2.24, 2.45) is 26.4 Å². The molecule has 2 heterocycles. The monoisotopic (exact) mass is 980 g/mol. The third-order valence-corrected chi connectivity index (χ3v) is 16.2. The molecular weight excluding hydrogens is 945 g/mol. The van der Waals surface area contributed by atoms with E-state index >= 15 is 0 Å². The Labute approximate surface area is 375 Å². The summed E-state index contributed by atoms with van der Waals surface area (Å²) >= 11 is 0. The van der Waals surface area contributed by atoms with Crippen molar-refractivity contribution in [3.8, 4) is 11.4 Å². The van der Waals surface area contributed by atoms with E-state index in [4.69, 9.17) is 9.26 Å². The smallest absolute Gasteiger partial charge is 0.284 e. The molecule has 0 amide bonds. The van der Waals surface area contributed by atoms with E-state index in [1.807, 2.05) is 0 Å². The number of nitrogens with zero attached hydrogens (tertiary/aromatic N) is 8. The molecule has 0 spiro atoms. The van der Waals surface area contributed by atoms with E-state index in [0.29, 0.717) is 39.4 Å². The third kappa shape index (κ3) is 8.94. The van der Waals surface area contributed by atoms with Gasteiger partial charge in [-0.3, -0.25) is 18.2 Å². The molecule has 66 heavy (non-hydrogen) atoms. The summed E-state index contributed by atoms with van der Waals surface area (Å²) in [6.45, 7) is 3.38. The molecule has 1 unspecified atom stereocenters. The molecule has 1 aliphatic carbocycles. The maximum Gasteiger partial charge on any atom is 0.294 e. The van der Waals surface area contributed by atoms with Gasteiger partial charge in [-0.15, -0.1) is 0 Å². The van der Waals surface area contributed by atoms with Gasteiger partial charge in [0.2, 0.25) is 9.74 Å². The van der Waals surface area contributed by atoms with Crippen molar-refractivity contribution in [1.82, 2.24) is 19.4 Å². The van der Waals surface area contributed by atoms with Gasteiger partial charge >= 0.3 is 0 Å². The third-order valence-electron chi connectivity index (χ3n) is 10.6. The second kappa shape index (κ2) is 16.6. The molecule has 0 aliphatic heterocycles. The Bertz CT molecular complexity index is 3340. The molecule has 0 bridgehead atoms. The van der Waals surface area contributed by atoms with Gasteiger partial charge in [-0.1, -0.05) is 58.3 Å². The average molecular weight is 981 g/mol. The summed E-state index contributed by atoms with van der Waals surface area (Å²) in [5, 5.41) is 16.7. The van der Waals surface area contributed by atoms with E-state index in [9.17, 15) is 51.9 Å². The first-order valence-corrected chi connectivity index (χ1v) is 24.9. The standard InChI is InChI=1S/C40H36N8O14S4/c1-27-24-33(14-20-37(27)43-41-31-10-16-35(17-11-31)63(49,50)51)45-47(61-45)39(23-22-30(9-8-29-6-4-3-5-7-29)40(26-39,65(55,56)57)66(58,59)60)48-46(62-48)34-15-21-38(28(2)25-34)44-42-32-12-18-36(19-13-32)64(52,53)54/h3-25,30H,26H2,1-2H3,(H,49,50,51)(H,52,53,54)(H,55,56,57)(H,58,59,60). The molecule has 344 valence electrons. The van der Waals surface area contributed by atoms with Crippen LogP contribution in [0.4, 0.5) is 22.7 Å². The Morgan fingerprint density at radius 3 is 1.42 bits per heavy atom. The molecule has 8 rings (SSSR count). The number of hydrogen-bond donors (Lipinski definition) is 4. The van der Waals surface area contributed by atoms with Crippen molar-refractivity contribution >= 4 is 69.3 Å². The molecular formula is C40H36N8O14S4. The molecule has 0 fully saturated rings. The highest BCUT2D eigenvalue weighted by atomic mass is 32.3. The summed E-state index contributed by atoms with van der Waals surface area (Å²) in [4.78, 5) is 3.89. The zero-order chi connectivity index (χ0) is 47.5. The van der Waals surface area contributed by atoms with Crippen LogP contribution in [-0.2, 0) is 46.1 Å². The molecule has 0 radical (unpaired) electrons. The second-order valence-corrected chi connectivity index (χ2v) is 21.5. The van der Waals surface area contributed by atoms with Crippen molar-refractivity contribution in [1.29, 1.82) is 0 Å². The summed E-state index contributed by atoms with van der Waals surface area (Å²) in [5.74, 6) is -1.66. The normalized spacial score (nSPS) is 18.4. The number of benzene rings is 5. The Morgan fingerprint density at radius 1 is 0.591 bits per heavy atom. The minimum atomic E-state index is -5.72. The molecule has 0 saturated carbocycles. The maximum atomic E-state index is 13.6. The fourth-order valence-electron chi connectivity index (χ4n) is 7.14. The number of aryl methyl sites for hydroxylation is 2. The summed E-state index contributed by atoms with van der Waals surface area (Å²) in [7, 11) is -20.3. The van der Waals surface area contributed by atoms with Crippen LogP contribution in [-0.4, -0.2) is 75.4 Å². The highest BCUT2D eigenvalue weighted by molar-refractivity contribution is 8.05. The van der Waals surface area contributed by atoms with Crippen LogP contribution in [0.3, 0.4) is 0 Å². The van der Waals surface area contributed by atoms with Gasteiger partial charge in [0.25, 0.3) is 40.5 Å². The topological polar surface area (TPSA) is 313 Å². The summed E-state index contributed by atoms with van der Waals surface area (Å²) < 4.78 is 149. The van der Waals surface area contributed by atoms with Crippen LogP contribution in [0.25, 0.3) is 17.5 Å². The fraction of sp³-hybridized carbons (Fsp3) is 0.150. The van der Waals surface area contributed by atoms with Crippen molar-refractivity contribution < 1.29 is 61.1 Å². The zero-order valence-corrected chi connectivity index (χ0v) is 37.4. The Morgan fingerprint density at radius 2 is 1.03 bits per heavy atom. The van der Waals surface area contributed by atoms with Crippen LogP contribution in [0, 0.1) is 19.8 Å². The number of azo groups is 2. The predicted molar refractivity (Wildman–Crippen MR) is 234 cm³/mol. The zero-order valence-electron chi connectivity index (χ0n) is 34.1. The van der Waals surface area contributed by atoms with Crippen molar-refractivity contribution in [3.63, 3.8) is 0 Å². The maximum absolute atomic E-state index is 13.6. The van der Waals surface area contributed by atoms with Gasteiger partial charge in [-0.05, 0) is 131 Å². The lowest BCUT2D eigenvalue weighted by molar-refractivity contribution is 0.145. The van der Waals surface area contributed by atoms with Gasteiger partial charge in [0.15, 0.2) is 0 Å². The first kappa shape index (κ1) is 45.8. The summed E-state index contributed by atoms with van der Waals surface area (Å²) in [5.41, 5.74) is 1.50. The molecule has 1 atom stereocenters. The Kier molecular flexibility index (Phi) is 11.5. The van der Waals surface area contributed by atoms with Crippen LogP contribution in [0.1, 0.15) is 23.1 Å². The van der Waals surface area contributed by atoms with E-state index in [1.54, 1.807) is 80.6 Å². The lowest BCUT2D eigenvalue weighted by Crippen LogP contribution is -2.58. The van der Waals surface area contributed by atoms with Crippen LogP contribution in [0.15, 0.2) is 173 Å². The quantitative estimate of drug-likeness (QED) is 0.0456. The van der Waals surface area contributed by atoms with Crippen molar-refractivity contribution in [3.05, 3.63) is 150 Å². The molecule has 2 aromatic heterocycles.